The first kappa shape index (κ1) is 33.6. The molecule has 4 aliphatic rings. The largest absolute Gasteiger partial charge is 0.460 e. The van der Waals surface area contributed by atoms with Gasteiger partial charge in [-0.2, -0.15) is 0 Å². The van der Waals surface area contributed by atoms with Crippen molar-refractivity contribution >= 4 is 21.9 Å². The molecule has 0 unspecified atom stereocenters. The highest BCUT2D eigenvalue weighted by molar-refractivity contribution is 9.09. The first-order valence-electron chi connectivity index (χ1n) is 15.7. The van der Waals surface area contributed by atoms with Crippen molar-refractivity contribution in [1.29, 1.82) is 0 Å². The summed E-state index contributed by atoms with van der Waals surface area (Å²) in [6, 6.07) is 0. The van der Waals surface area contributed by atoms with Crippen molar-refractivity contribution in [2.24, 2.45) is 0 Å². The van der Waals surface area contributed by atoms with Crippen molar-refractivity contribution in [2.75, 3.05) is 0 Å². The number of carbonyl (C=O) groups is 1. The van der Waals surface area contributed by atoms with Crippen LogP contribution in [0.2, 0.25) is 0 Å². The normalized spacial score (nSPS) is 43.6. The van der Waals surface area contributed by atoms with Crippen LogP contribution in [-0.4, -0.2) is 85.1 Å². The third-order valence-electron chi connectivity index (χ3n) is 10.5. The highest BCUT2D eigenvalue weighted by atomic mass is 79.9. The van der Waals surface area contributed by atoms with Gasteiger partial charge in [-0.15, -0.1) is 0 Å². The monoisotopic (exact) mass is 646 g/mol. The minimum absolute atomic E-state index is 0.00619. The van der Waals surface area contributed by atoms with Gasteiger partial charge in [0.2, 0.25) is 0 Å². The Balaban J connectivity index is 1.36. The Hall–Kier alpha value is -0.290. The zero-order valence-electron chi connectivity index (χ0n) is 26.8. The Morgan fingerprint density at radius 2 is 1.44 bits per heavy atom. The lowest BCUT2D eigenvalue weighted by atomic mass is 9.75. The summed E-state index contributed by atoms with van der Waals surface area (Å²) in [7, 11) is 0. The average molecular weight is 648 g/mol. The summed E-state index contributed by atoms with van der Waals surface area (Å²) in [5.74, 6) is -0.447. The van der Waals surface area contributed by atoms with Gasteiger partial charge in [0.1, 0.15) is 6.10 Å². The standard InChI is InChI=1S/C32H55BrO8/c1-20(34)37-22(27(2,3)35)13-16-29(6,36)23-14-18-31(8,39-23)26-11-10-24-30(7,40-26)19-15-25(38-24)32(9)17-12-21(33)28(4,5)41-32/h21-26,35-36H,10-19H2,1-9H3/t21-,22+,23+,24-,25-,26-,29-,30+,31-,32+/m1/s1. The smallest absolute Gasteiger partial charge is 0.303 e. The fourth-order valence-electron chi connectivity index (χ4n) is 7.64. The third kappa shape index (κ3) is 7.18. The van der Waals surface area contributed by atoms with E-state index in [9.17, 15) is 15.0 Å². The van der Waals surface area contributed by atoms with Crippen LogP contribution in [0.4, 0.5) is 0 Å². The minimum atomic E-state index is -1.21. The maximum Gasteiger partial charge on any atom is 0.303 e. The molecule has 9 heteroatoms. The topological polar surface area (TPSA) is 104 Å². The van der Waals surface area contributed by atoms with Crippen LogP contribution in [0.5, 0.6) is 0 Å². The number of carbonyl (C=O) groups excluding carboxylic acids is 1. The molecular weight excluding hydrogens is 592 g/mol. The Morgan fingerprint density at radius 3 is 2.05 bits per heavy atom. The van der Waals surface area contributed by atoms with Crippen LogP contribution in [0.25, 0.3) is 0 Å². The van der Waals surface area contributed by atoms with Gasteiger partial charge in [0.15, 0.2) is 0 Å². The van der Waals surface area contributed by atoms with Crippen LogP contribution in [0.1, 0.15) is 127 Å². The van der Waals surface area contributed by atoms with E-state index < -0.39 is 34.5 Å². The molecule has 0 aliphatic carbocycles. The summed E-state index contributed by atoms with van der Waals surface area (Å²) in [5.41, 5.74) is -3.81. The number of alkyl halides is 1. The number of esters is 1. The number of ether oxygens (including phenoxy) is 5. The number of hydrogen-bond donors (Lipinski definition) is 2. The van der Waals surface area contributed by atoms with E-state index in [-0.39, 0.29) is 35.6 Å². The van der Waals surface area contributed by atoms with Crippen molar-refractivity contribution in [3.05, 3.63) is 0 Å². The van der Waals surface area contributed by atoms with E-state index in [1.54, 1.807) is 20.8 Å². The molecule has 4 rings (SSSR count). The number of rotatable bonds is 8. The lowest BCUT2D eigenvalue weighted by molar-refractivity contribution is -0.304. The van der Waals surface area contributed by atoms with Gasteiger partial charge in [-0.1, -0.05) is 15.9 Å². The van der Waals surface area contributed by atoms with E-state index >= 15 is 0 Å². The summed E-state index contributed by atoms with van der Waals surface area (Å²) in [5, 5.41) is 21.9. The fraction of sp³-hybridized carbons (Fsp3) is 0.969. The van der Waals surface area contributed by atoms with Crippen molar-refractivity contribution < 1.29 is 38.7 Å². The summed E-state index contributed by atoms with van der Waals surface area (Å²) >= 11 is 3.80. The van der Waals surface area contributed by atoms with Crippen molar-refractivity contribution in [3.8, 4) is 0 Å². The van der Waals surface area contributed by atoms with Crippen molar-refractivity contribution in [2.45, 2.75) is 195 Å². The minimum Gasteiger partial charge on any atom is -0.460 e. The first-order chi connectivity index (χ1) is 18.7. The van der Waals surface area contributed by atoms with Crippen LogP contribution in [0.3, 0.4) is 0 Å². The average Bonchev–Trinajstić information content (AvgIpc) is 3.26. The molecule has 0 radical (unpaired) electrons. The van der Waals surface area contributed by atoms with Crippen LogP contribution in [-0.2, 0) is 28.5 Å². The first-order valence-corrected chi connectivity index (χ1v) is 16.6. The molecule has 0 bridgehead atoms. The Bertz CT molecular complexity index is 948. The summed E-state index contributed by atoms with van der Waals surface area (Å²) in [6.07, 6.45) is 6.59. The van der Waals surface area contributed by atoms with Gasteiger partial charge in [-0.05, 0) is 120 Å². The molecule has 0 amide bonds. The summed E-state index contributed by atoms with van der Waals surface area (Å²) in [4.78, 5) is 11.9. The maximum atomic E-state index is 11.6. The number of halogens is 1. The number of hydrogen-bond acceptors (Lipinski definition) is 8. The van der Waals surface area contributed by atoms with Gasteiger partial charge < -0.3 is 33.9 Å². The summed E-state index contributed by atoms with van der Waals surface area (Å²) < 4.78 is 32.3. The molecule has 4 heterocycles. The molecule has 4 fully saturated rings. The van der Waals surface area contributed by atoms with Gasteiger partial charge in [-0.25, -0.2) is 0 Å². The molecule has 8 nitrogen and oxygen atoms in total. The quantitative estimate of drug-likeness (QED) is 0.254. The van der Waals surface area contributed by atoms with E-state index in [2.05, 4.69) is 50.5 Å². The molecule has 10 atom stereocenters. The lowest BCUT2D eigenvalue weighted by Gasteiger charge is -2.56. The van der Waals surface area contributed by atoms with Crippen LogP contribution >= 0.6 is 15.9 Å². The number of aliphatic hydroxyl groups is 2. The molecule has 0 aromatic carbocycles. The van der Waals surface area contributed by atoms with Crippen LogP contribution < -0.4 is 0 Å². The van der Waals surface area contributed by atoms with E-state index in [4.69, 9.17) is 23.7 Å². The lowest BCUT2D eigenvalue weighted by Crippen LogP contribution is -2.63. The fourth-order valence-corrected chi connectivity index (χ4v) is 7.97. The Labute approximate surface area is 255 Å². The molecule has 0 saturated carbocycles. The molecule has 0 spiro atoms. The molecular formula is C32H55BrO8. The van der Waals surface area contributed by atoms with Gasteiger partial charge in [-0.3, -0.25) is 4.79 Å². The Kier molecular flexibility index (Phi) is 9.48. The SMILES string of the molecule is CC(=O)O[C@@H](CC[C@@](C)(O)[C@@H]1CC[C@](C)([C@H]2CC[C@H]3O[C@@H]([C@]4(C)CC[C@@H](Br)C(C)(C)O4)CC[C@]3(C)O2)O1)C(C)(C)O. The molecule has 2 N–H and O–H groups in total. The van der Waals surface area contributed by atoms with Crippen molar-refractivity contribution in [3.63, 3.8) is 0 Å². The third-order valence-corrected chi connectivity index (χ3v) is 12.1. The second kappa shape index (κ2) is 11.6. The van der Waals surface area contributed by atoms with Gasteiger partial charge >= 0.3 is 5.97 Å². The van der Waals surface area contributed by atoms with Crippen LogP contribution in [0, 0.1) is 0 Å². The molecule has 0 aromatic rings. The highest BCUT2D eigenvalue weighted by Crippen LogP contribution is 2.50. The molecule has 0 aromatic heterocycles. The van der Waals surface area contributed by atoms with Crippen LogP contribution in [0.15, 0.2) is 0 Å². The number of fused-ring (bicyclic) bond motifs is 1. The molecule has 41 heavy (non-hydrogen) atoms. The van der Waals surface area contributed by atoms with Gasteiger partial charge in [0.05, 0.1) is 58.0 Å². The summed E-state index contributed by atoms with van der Waals surface area (Å²) in [6.45, 7) is 17.2. The molecule has 4 saturated heterocycles. The van der Waals surface area contributed by atoms with E-state index in [0.29, 0.717) is 24.1 Å². The zero-order chi connectivity index (χ0) is 30.6. The zero-order valence-corrected chi connectivity index (χ0v) is 28.3. The Morgan fingerprint density at radius 1 is 0.878 bits per heavy atom. The van der Waals surface area contributed by atoms with E-state index in [1.807, 2.05) is 0 Å². The second-order valence-corrected chi connectivity index (χ2v) is 16.4. The predicted octanol–water partition coefficient (Wildman–Crippen LogP) is 5.75. The van der Waals surface area contributed by atoms with Gasteiger partial charge in [0.25, 0.3) is 0 Å². The maximum absolute atomic E-state index is 11.6. The molecule has 238 valence electrons. The van der Waals surface area contributed by atoms with E-state index in [1.165, 1.54) is 6.92 Å². The van der Waals surface area contributed by atoms with E-state index in [0.717, 1.165) is 44.9 Å². The molecule has 4 aliphatic heterocycles. The predicted molar refractivity (Wildman–Crippen MR) is 160 cm³/mol. The van der Waals surface area contributed by atoms with Gasteiger partial charge in [0, 0.05) is 11.8 Å². The second-order valence-electron chi connectivity index (χ2n) is 15.3. The van der Waals surface area contributed by atoms with Crippen molar-refractivity contribution in [1.82, 2.24) is 0 Å². The highest BCUT2D eigenvalue weighted by Gasteiger charge is 2.57.